The first-order valence-electron chi connectivity index (χ1n) is 9.70. The summed E-state index contributed by atoms with van der Waals surface area (Å²) in [5.41, 5.74) is -3.02. The molecule has 0 spiro atoms. The van der Waals surface area contributed by atoms with Crippen molar-refractivity contribution >= 4 is 19.7 Å². The van der Waals surface area contributed by atoms with Gasteiger partial charge >= 0.3 is 6.18 Å². The van der Waals surface area contributed by atoms with E-state index in [0.29, 0.717) is 24.1 Å². The third-order valence-corrected chi connectivity index (χ3v) is 6.65. The van der Waals surface area contributed by atoms with Gasteiger partial charge in [0.2, 0.25) is 0 Å². The highest BCUT2D eigenvalue weighted by Gasteiger charge is 2.43. The van der Waals surface area contributed by atoms with E-state index in [1.54, 1.807) is 0 Å². The molecule has 2 heterocycles. The van der Waals surface area contributed by atoms with E-state index in [-0.39, 0.29) is 13.3 Å². The maximum Gasteiger partial charge on any atom is 0.423 e. The van der Waals surface area contributed by atoms with Gasteiger partial charge in [-0.2, -0.15) is 18.3 Å². The number of carbonyl (C=O) groups excluding carboxylic acids is 1. The molecule has 1 fully saturated rings. The van der Waals surface area contributed by atoms with Crippen LogP contribution in [0.4, 0.5) is 18.9 Å². The van der Waals surface area contributed by atoms with Gasteiger partial charge in [0, 0.05) is 28.3 Å². The summed E-state index contributed by atoms with van der Waals surface area (Å²) in [5.74, 6) is -0.484. The van der Waals surface area contributed by atoms with Gasteiger partial charge in [0.1, 0.15) is 18.3 Å². The summed E-state index contributed by atoms with van der Waals surface area (Å²) in [6.07, 6.45) is -3.05. The molecule has 1 amide bonds. The zero-order valence-corrected chi connectivity index (χ0v) is 19.0. The molecule has 0 N–H and O–H groups in total. The van der Waals surface area contributed by atoms with Crippen LogP contribution < -0.4 is 10.5 Å². The first kappa shape index (κ1) is 24.3. The van der Waals surface area contributed by atoms with Crippen LogP contribution in [-0.4, -0.2) is 62.2 Å². The number of likely N-dealkylation sites (N-methyl/N-ethyl adjacent to an activating group) is 1. The largest absolute Gasteiger partial charge is 0.423 e. The molecule has 1 aliphatic rings. The van der Waals surface area contributed by atoms with Crippen molar-refractivity contribution in [2.75, 3.05) is 32.2 Å². The SMILES string of the molecule is CON(C)C(=O)C1CCCN1c1cnn(COCC[Si](C)(C)C)c(=O)c1C(F)(F)F. The summed E-state index contributed by atoms with van der Waals surface area (Å²) in [5, 5.41) is 4.85. The summed E-state index contributed by atoms with van der Waals surface area (Å²) >= 11 is 0. The van der Waals surface area contributed by atoms with Gasteiger partial charge in [0.15, 0.2) is 0 Å². The number of halogens is 3. The van der Waals surface area contributed by atoms with Gasteiger partial charge in [-0.3, -0.25) is 14.4 Å². The lowest BCUT2D eigenvalue weighted by Crippen LogP contribution is -2.45. The predicted octanol–water partition coefficient (Wildman–Crippen LogP) is 2.56. The molecule has 0 aromatic carbocycles. The van der Waals surface area contributed by atoms with E-state index in [0.717, 1.165) is 17.3 Å². The fourth-order valence-electron chi connectivity index (χ4n) is 3.20. The molecule has 1 aromatic heterocycles. The Bertz CT molecular complexity index is 810. The Kier molecular flexibility index (Phi) is 7.69. The van der Waals surface area contributed by atoms with Gasteiger partial charge in [-0.15, -0.1) is 0 Å². The second kappa shape index (κ2) is 9.48. The minimum atomic E-state index is -4.90. The number of carbonyl (C=O) groups is 1. The second-order valence-corrected chi connectivity index (χ2v) is 14.0. The molecule has 0 aliphatic carbocycles. The second-order valence-electron chi connectivity index (χ2n) is 8.42. The molecule has 1 atom stereocenters. The zero-order valence-electron chi connectivity index (χ0n) is 18.0. The van der Waals surface area contributed by atoms with E-state index in [1.807, 2.05) is 0 Å². The number of nitrogens with zero attached hydrogens (tertiary/aromatic N) is 4. The van der Waals surface area contributed by atoms with Crippen molar-refractivity contribution in [2.24, 2.45) is 0 Å². The Morgan fingerprint density at radius 2 is 2.03 bits per heavy atom. The van der Waals surface area contributed by atoms with Crippen molar-refractivity contribution in [3.8, 4) is 0 Å². The minimum absolute atomic E-state index is 0.203. The summed E-state index contributed by atoms with van der Waals surface area (Å²) in [6, 6.07) is -0.0441. The first-order valence-corrected chi connectivity index (χ1v) is 13.4. The highest BCUT2D eigenvalue weighted by Crippen LogP contribution is 2.36. The average Bonchev–Trinajstić information content (AvgIpc) is 3.12. The number of hydrogen-bond acceptors (Lipinski definition) is 6. The Labute approximate surface area is 174 Å². The summed E-state index contributed by atoms with van der Waals surface area (Å²) in [7, 11) is 1.31. The van der Waals surface area contributed by atoms with E-state index in [2.05, 4.69) is 24.7 Å². The average molecular weight is 451 g/mol. The Balaban J connectivity index is 2.33. The van der Waals surface area contributed by atoms with E-state index >= 15 is 0 Å². The molecule has 1 saturated heterocycles. The summed E-state index contributed by atoms with van der Waals surface area (Å²) < 4.78 is 47.5. The number of rotatable bonds is 8. The normalized spacial score (nSPS) is 17.5. The van der Waals surface area contributed by atoms with Gasteiger partial charge in [0.05, 0.1) is 19.0 Å². The fraction of sp³-hybridized carbons (Fsp3) is 0.722. The molecule has 8 nitrogen and oxygen atoms in total. The number of anilines is 1. The Morgan fingerprint density at radius 3 is 2.60 bits per heavy atom. The third kappa shape index (κ3) is 5.82. The van der Waals surface area contributed by atoms with Gasteiger partial charge in [-0.05, 0) is 18.9 Å². The number of hydrogen-bond donors (Lipinski definition) is 0. The van der Waals surface area contributed by atoms with Crippen LogP contribution in [0.25, 0.3) is 0 Å². The monoisotopic (exact) mass is 450 g/mol. The van der Waals surface area contributed by atoms with Crippen molar-refractivity contribution in [3.63, 3.8) is 0 Å². The summed E-state index contributed by atoms with van der Waals surface area (Å²) in [4.78, 5) is 31.2. The molecular weight excluding hydrogens is 421 g/mol. The highest BCUT2D eigenvalue weighted by atomic mass is 28.3. The van der Waals surface area contributed by atoms with Crippen LogP contribution in [0.15, 0.2) is 11.0 Å². The molecule has 1 aliphatic heterocycles. The molecule has 12 heteroatoms. The number of amides is 1. The van der Waals surface area contributed by atoms with Crippen LogP contribution in [0.5, 0.6) is 0 Å². The quantitative estimate of drug-likeness (QED) is 0.344. The topological polar surface area (TPSA) is 76.9 Å². The van der Waals surface area contributed by atoms with Crippen LogP contribution in [0, 0.1) is 0 Å². The van der Waals surface area contributed by atoms with Crippen LogP contribution in [-0.2, 0) is 27.3 Å². The molecule has 30 heavy (non-hydrogen) atoms. The van der Waals surface area contributed by atoms with Gasteiger partial charge in [-0.1, -0.05) is 19.6 Å². The Morgan fingerprint density at radius 1 is 1.37 bits per heavy atom. The highest BCUT2D eigenvalue weighted by molar-refractivity contribution is 6.76. The lowest BCUT2D eigenvalue weighted by molar-refractivity contribution is -0.170. The smallest absolute Gasteiger partial charge is 0.359 e. The van der Waals surface area contributed by atoms with E-state index in [1.165, 1.54) is 19.1 Å². The molecule has 1 unspecified atom stereocenters. The standard InChI is InChI=1S/C18H29F3N4O4Si/c1-23(28-2)16(26)13-7-6-8-24(13)14-11-22-25(12-29-9-10-30(3,4)5)17(27)15(14)18(19,20)21/h11,13H,6-10,12H2,1-5H3. The van der Waals surface area contributed by atoms with E-state index in [9.17, 15) is 22.8 Å². The fourth-order valence-corrected chi connectivity index (χ4v) is 3.95. The van der Waals surface area contributed by atoms with Crippen LogP contribution in [0.2, 0.25) is 25.7 Å². The van der Waals surface area contributed by atoms with Crippen LogP contribution in [0.3, 0.4) is 0 Å². The Hall–Kier alpha value is -1.92. The lowest BCUT2D eigenvalue weighted by Gasteiger charge is -2.30. The van der Waals surface area contributed by atoms with Crippen molar-refractivity contribution in [1.82, 2.24) is 14.8 Å². The zero-order chi connectivity index (χ0) is 22.7. The third-order valence-electron chi connectivity index (χ3n) is 4.95. The van der Waals surface area contributed by atoms with Crippen LogP contribution >= 0.6 is 0 Å². The van der Waals surface area contributed by atoms with Crippen molar-refractivity contribution in [2.45, 2.75) is 57.5 Å². The minimum Gasteiger partial charge on any atom is -0.359 e. The van der Waals surface area contributed by atoms with Gasteiger partial charge in [0.25, 0.3) is 11.5 Å². The molecular formula is C18H29F3N4O4Si. The van der Waals surface area contributed by atoms with Crippen molar-refractivity contribution < 1.29 is 27.5 Å². The molecule has 0 radical (unpaired) electrons. The van der Waals surface area contributed by atoms with Gasteiger partial charge < -0.3 is 9.64 Å². The number of hydroxylamine groups is 2. The molecule has 1 aromatic rings. The van der Waals surface area contributed by atoms with E-state index in [4.69, 9.17) is 9.57 Å². The maximum absolute atomic E-state index is 13.8. The van der Waals surface area contributed by atoms with Gasteiger partial charge in [-0.25, -0.2) is 9.75 Å². The first-order chi connectivity index (χ1) is 13.9. The molecule has 0 saturated carbocycles. The number of ether oxygens (including phenoxy) is 1. The summed E-state index contributed by atoms with van der Waals surface area (Å²) in [6.45, 7) is 6.62. The van der Waals surface area contributed by atoms with Crippen molar-refractivity contribution in [3.05, 3.63) is 22.1 Å². The molecule has 170 valence electrons. The van der Waals surface area contributed by atoms with E-state index < -0.39 is 43.0 Å². The molecule has 2 rings (SSSR count). The maximum atomic E-state index is 13.8. The molecule has 0 bridgehead atoms. The lowest BCUT2D eigenvalue weighted by atomic mass is 10.1. The van der Waals surface area contributed by atoms with Crippen molar-refractivity contribution in [1.29, 1.82) is 0 Å². The number of alkyl halides is 3. The number of aromatic nitrogens is 2. The predicted molar refractivity (Wildman–Crippen MR) is 108 cm³/mol. The van der Waals surface area contributed by atoms with Crippen LogP contribution in [0.1, 0.15) is 18.4 Å².